The van der Waals surface area contributed by atoms with E-state index in [1.165, 1.54) is 13.2 Å². The lowest BCUT2D eigenvalue weighted by Crippen LogP contribution is -2.45. The summed E-state index contributed by atoms with van der Waals surface area (Å²) in [5, 5.41) is 0. The molecule has 0 aliphatic carbocycles. The van der Waals surface area contributed by atoms with Gasteiger partial charge in [0.05, 0.1) is 30.1 Å². The molecule has 5 heterocycles. The number of nitrogens with zero attached hydrogens (tertiary/aromatic N) is 3. The largest absolute Gasteiger partial charge is 0.487 e. The predicted molar refractivity (Wildman–Crippen MR) is 191 cm³/mol. The van der Waals surface area contributed by atoms with E-state index in [1.807, 2.05) is 72.0 Å². The number of ether oxygens (including phenoxy) is 4. The van der Waals surface area contributed by atoms with E-state index in [4.69, 9.17) is 23.9 Å². The molecule has 0 amide bonds. The third-order valence-corrected chi connectivity index (χ3v) is 10.00. The number of benzene rings is 2. The number of anilines is 1. The van der Waals surface area contributed by atoms with Gasteiger partial charge < -0.3 is 23.8 Å². The summed E-state index contributed by atoms with van der Waals surface area (Å²) in [4.78, 5) is 21.0. The molecule has 1 fully saturated rings. The van der Waals surface area contributed by atoms with Gasteiger partial charge in [0.15, 0.2) is 17.7 Å². The third kappa shape index (κ3) is 7.23. The van der Waals surface area contributed by atoms with Gasteiger partial charge in [-0.15, -0.1) is 0 Å². The molecule has 10 heteroatoms. The number of imidazole rings is 1. The second-order valence-electron chi connectivity index (χ2n) is 15.0. The van der Waals surface area contributed by atoms with Crippen molar-refractivity contribution < 1.29 is 32.5 Å². The molecule has 1 saturated heterocycles. The highest BCUT2D eigenvalue weighted by Crippen LogP contribution is 2.42. The Morgan fingerprint density at radius 3 is 2.48 bits per heavy atom. The van der Waals surface area contributed by atoms with Crippen molar-refractivity contribution in [3.8, 4) is 28.1 Å². The molecule has 0 unspecified atom stereocenters. The Kier molecular flexibility index (Phi) is 9.98. The van der Waals surface area contributed by atoms with E-state index in [1.54, 1.807) is 0 Å². The fourth-order valence-corrected chi connectivity index (χ4v) is 7.12. The highest BCUT2D eigenvalue weighted by molar-refractivity contribution is 5.82. The van der Waals surface area contributed by atoms with Crippen LogP contribution >= 0.6 is 0 Å². The molecule has 6 bridgehead atoms. The molecule has 0 radical (unpaired) electrons. The normalized spacial score (nSPS) is 20.8. The first-order valence-electron chi connectivity index (χ1n) is 17.6. The molecular weight excluding hydrogens is 640 g/mol. The number of aryl methyl sites for hydroxylation is 1. The van der Waals surface area contributed by atoms with Gasteiger partial charge in [0.1, 0.15) is 17.3 Å². The van der Waals surface area contributed by atoms with E-state index in [0.717, 1.165) is 65.5 Å². The smallest absolute Gasteiger partial charge is 0.339 e. The standard InChI is InChI=1S/C40H49F2N3O5/c1-24-12-9-10-19-48-40(7)15-17-44(18-16-40)37-33(35(38(46)47-8)50-39(4,5)6)25(2)26(3)36-43-32(23-45(36)37)28-14-11-13-27(20-28)30-21-29(41)22-31(42)34(30)49-24/h11,13-14,20-24,35H,9-10,12,15-19H2,1-8H3/t24-,35-/m0/s1. The molecule has 0 saturated carbocycles. The Morgan fingerprint density at radius 2 is 1.78 bits per heavy atom. The van der Waals surface area contributed by atoms with Crippen LogP contribution < -0.4 is 9.64 Å². The first kappa shape index (κ1) is 35.8. The van der Waals surface area contributed by atoms with E-state index < -0.39 is 29.3 Å². The number of methoxy groups -OCH3 is 1. The summed E-state index contributed by atoms with van der Waals surface area (Å²) in [7, 11) is 1.38. The fourth-order valence-electron chi connectivity index (χ4n) is 7.12. The summed E-state index contributed by atoms with van der Waals surface area (Å²) in [5.41, 5.74) is 4.72. The zero-order valence-corrected chi connectivity index (χ0v) is 30.5. The molecule has 2 aromatic heterocycles. The van der Waals surface area contributed by atoms with Gasteiger partial charge in [0, 0.05) is 48.6 Å². The second-order valence-corrected chi connectivity index (χ2v) is 15.0. The number of hydrogen-bond acceptors (Lipinski definition) is 7. The van der Waals surface area contributed by atoms with Crippen molar-refractivity contribution in [1.82, 2.24) is 9.38 Å². The molecule has 50 heavy (non-hydrogen) atoms. The van der Waals surface area contributed by atoms with Crippen LogP contribution in [-0.2, 0) is 19.0 Å². The number of piperidine rings is 1. The molecule has 7 rings (SSSR count). The first-order chi connectivity index (χ1) is 23.7. The summed E-state index contributed by atoms with van der Waals surface area (Å²) in [6, 6.07) is 9.68. The van der Waals surface area contributed by atoms with Crippen LogP contribution in [0, 0.1) is 25.5 Å². The van der Waals surface area contributed by atoms with Gasteiger partial charge in [0.25, 0.3) is 0 Å². The molecule has 3 aliphatic rings. The van der Waals surface area contributed by atoms with Crippen LogP contribution in [0.5, 0.6) is 5.75 Å². The number of fused-ring (bicyclic) bond motifs is 8. The quantitative estimate of drug-likeness (QED) is 0.199. The molecule has 3 aliphatic heterocycles. The van der Waals surface area contributed by atoms with Crippen LogP contribution in [-0.4, -0.2) is 59.5 Å². The Morgan fingerprint density at radius 1 is 1.06 bits per heavy atom. The van der Waals surface area contributed by atoms with Crippen molar-refractivity contribution >= 4 is 17.4 Å². The number of rotatable bonds is 3. The van der Waals surface area contributed by atoms with Crippen LogP contribution in [0.1, 0.15) is 89.5 Å². The average molecular weight is 690 g/mol. The van der Waals surface area contributed by atoms with Crippen molar-refractivity contribution in [1.29, 1.82) is 0 Å². The third-order valence-electron chi connectivity index (χ3n) is 10.00. The molecule has 0 spiro atoms. The Hall–Kier alpha value is -4.02. The lowest BCUT2D eigenvalue weighted by atomic mass is 9.92. The van der Waals surface area contributed by atoms with Gasteiger partial charge in [-0.2, -0.15) is 0 Å². The van der Waals surface area contributed by atoms with Gasteiger partial charge in [-0.25, -0.2) is 18.6 Å². The number of aromatic nitrogens is 2. The molecule has 0 N–H and O–H groups in total. The van der Waals surface area contributed by atoms with Crippen molar-refractivity contribution in [3.63, 3.8) is 0 Å². The monoisotopic (exact) mass is 689 g/mol. The van der Waals surface area contributed by atoms with Crippen LogP contribution in [0.25, 0.3) is 28.0 Å². The zero-order chi connectivity index (χ0) is 36.0. The van der Waals surface area contributed by atoms with E-state index >= 15 is 4.39 Å². The van der Waals surface area contributed by atoms with Crippen LogP contribution in [0.4, 0.5) is 14.6 Å². The Bertz CT molecular complexity index is 1890. The summed E-state index contributed by atoms with van der Waals surface area (Å²) in [6.07, 6.45) is 4.66. The second kappa shape index (κ2) is 13.9. The molecule has 2 aromatic carbocycles. The molecule has 4 aromatic rings. The Balaban J connectivity index is 1.58. The SMILES string of the molecule is COC(=O)[C@@H](OC(C)(C)C)c1c(C)c(C)c2nc3cn2c1N1CCC(C)(CC1)OCCCC[C@H](C)Oc1c(F)cc(F)cc1-c1cccc-3c1. The highest BCUT2D eigenvalue weighted by atomic mass is 19.1. The molecular formula is C40H49F2N3O5. The van der Waals surface area contributed by atoms with Gasteiger partial charge in [-0.05, 0) is 109 Å². The first-order valence-corrected chi connectivity index (χ1v) is 17.6. The maximum Gasteiger partial charge on any atom is 0.339 e. The van der Waals surface area contributed by atoms with E-state index in [0.29, 0.717) is 42.9 Å². The lowest BCUT2D eigenvalue weighted by molar-refractivity contribution is -0.164. The van der Waals surface area contributed by atoms with Crippen molar-refractivity contribution in [2.24, 2.45) is 0 Å². The summed E-state index contributed by atoms with van der Waals surface area (Å²) in [5.74, 6) is -1.04. The minimum atomic E-state index is -0.980. The highest BCUT2D eigenvalue weighted by Gasteiger charge is 2.38. The predicted octanol–water partition coefficient (Wildman–Crippen LogP) is 8.92. The minimum absolute atomic E-state index is 0.0282. The topological polar surface area (TPSA) is 74.5 Å². The van der Waals surface area contributed by atoms with E-state index in [-0.39, 0.29) is 17.5 Å². The van der Waals surface area contributed by atoms with Gasteiger partial charge in [0.2, 0.25) is 0 Å². The summed E-state index contributed by atoms with van der Waals surface area (Å²) >= 11 is 0. The maximum absolute atomic E-state index is 15.3. The fraction of sp³-hybridized carbons (Fsp3) is 0.500. The number of carbonyl (C=O) groups is 1. The van der Waals surface area contributed by atoms with E-state index in [2.05, 4.69) is 16.2 Å². The molecule has 2 atom stereocenters. The van der Waals surface area contributed by atoms with Crippen molar-refractivity contribution in [2.75, 3.05) is 31.7 Å². The number of esters is 1. The lowest BCUT2D eigenvalue weighted by Gasteiger charge is -2.42. The average Bonchev–Trinajstić information content (AvgIpc) is 3.51. The van der Waals surface area contributed by atoms with E-state index in [9.17, 15) is 9.18 Å². The van der Waals surface area contributed by atoms with Gasteiger partial charge in [-0.3, -0.25) is 4.40 Å². The van der Waals surface area contributed by atoms with Crippen molar-refractivity contribution in [3.05, 3.63) is 70.9 Å². The molecule has 8 nitrogen and oxygen atoms in total. The Labute approximate surface area is 293 Å². The van der Waals surface area contributed by atoms with Crippen LogP contribution in [0.2, 0.25) is 0 Å². The number of hydrogen-bond donors (Lipinski definition) is 0. The maximum atomic E-state index is 15.3. The minimum Gasteiger partial charge on any atom is -0.487 e. The molecule has 268 valence electrons. The van der Waals surface area contributed by atoms with Gasteiger partial charge >= 0.3 is 5.97 Å². The van der Waals surface area contributed by atoms with Crippen LogP contribution in [0.15, 0.2) is 42.6 Å². The number of carbonyl (C=O) groups excluding carboxylic acids is 1. The van der Waals surface area contributed by atoms with Crippen molar-refractivity contribution in [2.45, 2.75) is 104 Å². The zero-order valence-electron chi connectivity index (χ0n) is 30.5. The van der Waals surface area contributed by atoms with Crippen LogP contribution in [0.3, 0.4) is 0 Å². The number of pyridine rings is 1. The number of halogens is 2. The summed E-state index contributed by atoms with van der Waals surface area (Å²) < 4.78 is 56.6. The van der Waals surface area contributed by atoms with Gasteiger partial charge in [-0.1, -0.05) is 18.2 Å². The summed E-state index contributed by atoms with van der Waals surface area (Å²) in [6.45, 7) is 15.9.